The van der Waals surface area contributed by atoms with Gasteiger partial charge >= 0.3 is 6.01 Å². The van der Waals surface area contributed by atoms with Gasteiger partial charge in [-0.2, -0.15) is 0 Å². The second-order valence-electron chi connectivity index (χ2n) is 7.08. The number of nitrogens with one attached hydrogen (secondary N) is 1. The number of hydrogen-bond acceptors (Lipinski definition) is 6. The highest BCUT2D eigenvalue weighted by Gasteiger charge is 2.40. The predicted octanol–water partition coefficient (Wildman–Crippen LogP) is 2.52. The molecule has 2 rings (SSSR count). The number of anilines is 1. The van der Waals surface area contributed by atoms with Crippen LogP contribution in [0.3, 0.4) is 0 Å². The van der Waals surface area contributed by atoms with Crippen LogP contribution in [0.5, 0.6) is 0 Å². The molecule has 6 heteroatoms. The average Bonchev–Trinajstić information content (AvgIpc) is 2.81. The normalized spacial score (nSPS) is 22.3. The minimum absolute atomic E-state index is 0.0771. The molecular weight excluding hydrogens is 268 g/mol. The molecule has 0 bridgehead atoms. The monoisotopic (exact) mass is 296 g/mol. The first-order valence-electron chi connectivity index (χ1n) is 7.74. The van der Waals surface area contributed by atoms with E-state index in [1.807, 2.05) is 6.92 Å². The van der Waals surface area contributed by atoms with E-state index in [9.17, 15) is 0 Å². The summed E-state index contributed by atoms with van der Waals surface area (Å²) in [5.74, 6) is 0.639. The van der Waals surface area contributed by atoms with Crippen molar-refractivity contribution >= 4 is 6.01 Å². The fraction of sp³-hybridized carbons (Fsp3) is 0.867. The van der Waals surface area contributed by atoms with Crippen molar-refractivity contribution in [2.75, 3.05) is 24.5 Å². The zero-order chi connectivity index (χ0) is 15.7. The molecule has 2 heterocycles. The Morgan fingerprint density at radius 2 is 1.81 bits per heavy atom. The molecule has 1 aromatic rings. The van der Waals surface area contributed by atoms with Gasteiger partial charge in [0.25, 0.3) is 0 Å². The summed E-state index contributed by atoms with van der Waals surface area (Å²) in [5.41, 5.74) is -0.467. The van der Waals surface area contributed by atoms with Gasteiger partial charge in [0.1, 0.15) is 0 Å². The smallest absolute Gasteiger partial charge is 0.318 e. The molecule has 0 saturated carbocycles. The minimum atomic E-state index is -0.234. The Bertz CT molecular complexity index is 454. The van der Waals surface area contributed by atoms with E-state index in [1.165, 1.54) is 0 Å². The number of rotatable bonds is 5. The summed E-state index contributed by atoms with van der Waals surface area (Å²) in [6.07, 6.45) is 1.08. The predicted molar refractivity (Wildman–Crippen MR) is 82.5 cm³/mol. The van der Waals surface area contributed by atoms with Gasteiger partial charge in [0.15, 0.2) is 0 Å². The van der Waals surface area contributed by atoms with Crippen molar-refractivity contribution in [1.82, 2.24) is 15.5 Å². The third-order valence-corrected chi connectivity index (χ3v) is 3.47. The maximum absolute atomic E-state index is 6.08. The maximum Gasteiger partial charge on any atom is 0.318 e. The molecule has 0 aromatic carbocycles. The van der Waals surface area contributed by atoms with E-state index in [2.05, 4.69) is 55.0 Å². The number of morpholine rings is 1. The maximum atomic E-state index is 6.08. The van der Waals surface area contributed by atoms with Crippen LogP contribution in [-0.2, 0) is 4.74 Å². The molecule has 0 spiro atoms. The summed E-state index contributed by atoms with van der Waals surface area (Å²) in [4.78, 5) is 2.12. The number of ether oxygens (including phenoxy) is 1. The van der Waals surface area contributed by atoms with Gasteiger partial charge in [-0.05, 0) is 47.6 Å². The second-order valence-corrected chi connectivity index (χ2v) is 7.08. The Labute approximate surface area is 127 Å². The molecule has 21 heavy (non-hydrogen) atoms. The SMILES string of the molecule is CCCNC(C)c1nnc(N2CC(C)(C)OC(C)(C)C2)o1. The molecular formula is C15H28N4O2. The van der Waals surface area contributed by atoms with E-state index >= 15 is 0 Å². The molecule has 6 nitrogen and oxygen atoms in total. The van der Waals surface area contributed by atoms with E-state index in [0.717, 1.165) is 26.1 Å². The number of nitrogens with zero attached hydrogens (tertiary/aromatic N) is 3. The molecule has 120 valence electrons. The highest BCUT2D eigenvalue weighted by molar-refractivity contribution is 5.28. The standard InChI is InChI=1S/C15H28N4O2/c1-7-8-16-11(2)12-17-18-13(20-12)19-9-14(3,4)21-15(5,6)10-19/h11,16H,7-10H2,1-6H3. The average molecular weight is 296 g/mol. The third kappa shape index (κ3) is 4.17. The Hall–Kier alpha value is -1.14. The van der Waals surface area contributed by atoms with Crippen molar-refractivity contribution in [1.29, 1.82) is 0 Å². The summed E-state index contributed by atoms with van der Waals surface area (Å²) in [6, 6.07) is 0.660. The van der Waals surface area contributed by atoms with Crippen molar-refractivity contribution in [3.8, 4) is 0 Å². The molecule has 1 unspecified atom stereocenters. The van der Waals surface area contributed by atoms with E-state index < -0.39 is 0 Å². The lowest BCUT2D eigenvalue weighted by molar-refractivity contribution is -0.134. The lowest BCUT2D eigenvalue weighted by atomic mass is 9.99. The Morgan fingerprint density at radius 3 is 2.38 bits per heavy atom. The largest absolute Gasteiger partial charge is 0.406 e. The first-order valence-corrected chi connectivity index (χ1v) is 7.74. The second kappa shape index (κ2) is 5.93. The summed E-state index contributed by atoms with van der Waals surface area (Å²) < 4.78 is 11.9. The van der Waals surface area contributed by atoms with Gasteiger partial charge in [0, 0.05) is 0 Å². The van der Waals surface area contributed by atoms with Gasteiger partial charge in [0.2, 0.25) is 5.89 Å². The molecule has 0 aliphatic carbocycles. The molecule has 1 atom stereocenters. The van der Waals surface area contributed by atoms with Crippen molar-refractivity contribution < 1.29 is 9.15 Å². The zero-order valence-electron chi connectivity index (χ0n) is 14.1. The van der Waals surface area contributed by atoms with Gasteiger partial charge < -0.3 is 19.4 Å². The van der Waals surface area contributed by atoms with Crippen LogP contribution in [0.4, 0.5) is 6.01 Å². The van der Waals surface area contributed by atoms with Crippen LogP contribution in [0.15, 0.2) is 4.42 Å². The molecule has 0 radical (unpaired) electrons. The van der Waals surface area contributed by atoms with Crippen LogP contribution in [0, 0.1) is 0 Å². The van der Waals surface area contributed by atoms with Crippen LogP contribution >= 0.6 is 0 Å². The summed E-state index contributed by atoms with van der Waals surface area (Å²) >= 11 is 0. The van der Waals surface area contributed by atoms with Crippen molar-refractivity contribution in [2.24, 2.45) is 0 Å². The minimum Gasteiger partial charge on any atom is -0.406 e. The zero-order valence-corrected chi connectivity index (χ0v) is 14.1. The quantitative estimate of drug-likeness (QED) is 0.901. The third-order valence-electron chi connectivity index (χ3n) is 3.47. The van der Waals surface area contributed by atoms with Gasteiger partial charge in [-0.25, -0.2) is 0 Å². The number of hydrogen-bond donors (Lipinski definition) is 1. The molecule has 1 fully saturated rings. The van der Waals surface area contributed by atoms with Crippen molar-refractivity contribution in [3.05, 3.63) is 5.89 Å². The molecule has 1 aromatic heterocycles. The lowest BCUT2D eigenvalue weighted by Crippen LogP contribution is -2.57. The molecule has 1 saturated heterocycles. The molecule has 0 amide bonds. The summed E-state index contributed by atoms with van der Waals surface area (Å²) in [7, 11) is 0. The molecule has 1 N–H and O–H groups in total. The first-order chi connectivity index (χ1) is 9.72. The van der Waals surface area contributed by atoms with Crippen LogP contribution in [0.25, 0.3) is 0 Å². The van der Waals surface area contributed by atoms with E-state index in [-0.39, 0.29) is 17.2 Å². The Morgan fingerprint density at radius 1 is 1.19 bits per heavy atom. The summed E-state index contributed by atoms with van der Waals surface area (Å²) in [6.45, 7) is 15.0. The molecule has 1 aliphatic rings. The highest BCUT2D eigenvalue weighted by atomic mass is 16.5. The van der Waals surface area contributed by atoms with E-state index in [4.69, 9.17) is 9.15 Å². The van der Waals surface area contributed by atoms with Gasteiger partial charge in [0.05, 0.1) is 30.3 Å². The van der Waals surface area contributed by atoms with E-state index in [1.54, 1.807) is 0 Å². The Kier molecular flexibility index (Phi) is 4.58. The summed E-state index contributed by atoms with van der Waals surface area (Å²) in [5, 5.41) is 11.7. The Balaban J connectivity index is 2.10. The highest BCUT2D eigenvalue weighted by Crippen LogP contribution is 2.31. The van der Waals surface area contributed by atoms with Gasteiger partial charge in [-0.1, -0.05) is 12.0 Å². The first kappa shape index (κ1) is 16.2. The van der Waals surface area contributed by atoms with Crippen molar-refractivity contribution in [3.63, 3.8) is 0 Å². The van der Waals surface area contributed by atoms with Gasteiger partial charge in [-0.3, -0.25) is 0 Å². The van der Waals surface area contributed by atoms with Crippen LogP contribution < -0.4 is 10.2 Å². The fourth-order valence-corrected chi connectivity index (χ4v) is 2.90. The fourth-order valence-electron chi connectivity index (χ4n) is 2.90. The van der Waals surface area contributed by atoms with Crippen LogP contribution in [-0.4, -0.2) is 41.0 Å². The van der Waals surface area contributed by atoms with E-state index in [0.29, 0.717) is 11.9 Å². The van der Waals surface area contributed by atoms with Crippen molar-refractivity contribution in [2.45, 2.75) is 65.2 Å². The number of aromatic nitrogens is 2. The topological polar surface area (TPSA) is 63.4 Å². The molecule has 1 aliphatic heterocycles. The van der Waals surface area contributed by atoms with Crippen LogP contribution in [0.2, 0.25) is 0 Å². The van der Waals surface area contributed by atoms with Gasteiger partial charge in [-0.15, -0.1) is 5.10 Å². The lowest BCUT2D eigenvalue weighted by Gasteiger charge is -2.46. The van der Waals surface area contributed by atoms with Crippen LogP contribution in [0.1, 0.15) is 59.9 Å².